The van der Waals surface area contributed by atoms with Crippen LogP contribution in [0.5, 0.6) is 0 Å². The fourth-order valence-electron chi connectivity index (χ4n) is 1.94. The van der Waals surface area contributed by atoms with Gasteiger partial charge in [0.1, 0.15) is 5.82 Å². The van der Waals surface area contributed by atoms with Crippen molar-refractivity contribution < 1.29 is 14.0 Å². The summed E-state index contributed by atoms with van der Waals surface area (Å²) in [6.45, 7) is 1.92. The number of halogens is 1. The van der Waals surface area contributed by atoms with Crippen LogP contribution in [0.15, 0.2) is 24.3 Å². The Morgan fingerprint density at radius 1 is 1.25 bits per heavy atom. The summed E-state index contributed by atoms with van der Waals surface area (Å²) in [7, 11) is 0. The molecule has 1 aromatic rings. The minimum absolute atomic E-state index is 0.0120. The highest BCUT2D eigenvalue weighted by Gasteiger charge is 2.23. The Hall–Kier alpha value is -1.91. The van der Waals surface area contributed by atoms with Gasteiger partial charge in [0.05, 0.1) is 6.54 Å². The van der Waals surface area contributed by atoms with Crippen LogP contribution in [0.2, 0.25) is 0 Å². The maximum atomic E-state index is 12.8. The molecule has 0 aliphatic heterocycles. The van der Waals surface area contributed by atoms with Crippen molar-refractivity contribution in [2.24, 2.45) is 0 Å². The molecule has 108 valence electrons. The number of rotatable bonds is 6. The lowest BCUT2D eigenvalue weighted by Crippen LogP contribution is -2.38. The van der Waals surface area contributed by atoms with E-state index in [0.717, 1.165) is 18.4 Å². The lowest BCUT2D eigenvalue weighted by atomic mass is 9.97. The van der Waals surface area contributed by atoms with Crippen molar-refractivity contribution in [2.45, 2.75) is 38.1 Å². The van der Waals surface area contributed by atoms with Crippen molar-refractivity contribution in [3.05, 3.63) is 35.6 Å². The third kappa shape index (κ3) is 4.64. The van der Waals surface area contributed by atoms with E-state index in [1.54, 1.807) is 12.1 Å². The van der Waals surface area contributed by atoms with Gasteiger partial charge in [-0.3, -0.25) is 9.59 Å². The quantitative estimate of drug-likeness (QED) is 0.832. The molecule has 1 saturated carbocycles. The van der Waals surface area contributed by atoms with E-state index in [1.165, 1.54) is 12.1 Å². The van der Waals surface area contributed by atoms with Crippen LogP contribution in [0, 0.1) is 5.82 Å². The van der Waals surface area contributed by atoms with Gasteiger partial charge in [0.2, 0.25) is 11.8 Å². The maximum Gasteiger partial charge on any atom is 0.239 e. The molecule has 0 bridgehead atoms. The lowest BCUT2D eigenvalue weighted by molar-refractivity contribution is -0.126. The molecule has 4 nitrogen and oxygen atoms in total. The highest BCUT2D eigenvalue weighted by molar-refractivity contribution is 5.85. The van der Waals surface area contributed by atoms with Gasteiger partial charge in [-0.25, -0.2) is 4.39 Å². The average Bonchev–Trinajstić information content (AvgIpc) is 3.21. The van der Waals surface area contributed by atoms with Gasteiger partial charge in [-0.15, -0.1) is 0 Å². The van der Waals surface area contributed by atoms with Gasteiger partial charge in [-0.1, -0.05) is 19.1 Å². The van der Waals surface area contributed by atoms with Crippen molar-refractivity contribution in [3.63, 3.8) is 0 Å². The molecule has 20 heavy (non-hydrogen) atoms. The standard InChI is InChI=1S/C15H19FN2O2/c1-10(11-2-4-12(16)5-3-11)8-14(19)17-9-15(20)18-13-6-7-13/h2-5,10,13H,6-9H2,1H3,(H,17,19)(H,18,20). The lowest BCUT2D eigenvalue weighted by Gasteiger charge is -2.12. The van der Waals surface area contributed by atoms with Crippen LogP contribution in [-0.2, 0) is 9.59 Å². The van der Waals surface area contributed by atoms with Crippen LogP contribution in [0.4, 0.5) is 4.39 Å². The van der Waals surface area contributed by atoms with E-state index in [-0.39, 0.29) is 36.5 Å². The molecule has 2 N–H and O–H groups in total. The second-order valence-electron chi connectivity index (χ2n) is 5.28. The predicted octanol–water partition coefficient (Wildman–Crippen LogP) is 1.71. The van der Waals surface area contributed by atoms with Crippen LogP contribution in [0.1, 0.15) is 37.7 Å². The number of nitrogens with one attached hydrogen (secondary N) is 2. The predicted molar refractivity (Wildman–Crippen MR) is 73.6 cm³/mol. The Balaban J connectivity index is 1.72. The number of carbonyl (C=O) groups excluding carboxylic acids is 2. The molecule has 1 aromatic carbocycles. The average molecular weight is 278 g/mol. The second kappa shape index (κ2) is 6.50. The van der Waals surface area contributed by atoms with Crippen molar-refractivity contribution in [1.29, 1.82) is 0 Å². The summed E-state index contributed by atoms with van der Waals surface area (Å²) in [5, 5.41) is 5.41. The van der Waals surface area contributed by atoms with Crippen molar-refractivity contribution in [1.82, 2.24) is 10.6 Å². The molecule has 0 heterocycles. The Bertz CT molecular complexity index is 483. The molecule has 1 atom stereocenters. The number of carbonyl (C=O) groups is 2. The molecular formula is C15H19FN2O2. The SMILES string of the molecule is CC(CC(=O)NCC(=O)NC1CC1)c1ccc(F)cc1. The minimum atomic E-state index is -0.290. The summed E-state index contributed by atoms with van der Waals surface area (Å²) in [6.07, 6.45) is 2.34. The number of hydrogen-bond donors (Lipinski definition) is 2. The van der Waals surface area contributed by atoms with Crippen LogP contribution in [0.3, 0.4) is 0 Å². The first kappa shape index (κ1) is 14.5. The van der Waals surface area contributed by atoms with Gasteiger partial charge in [0, 0.05) is 12.5 Å². The van der Waals surface area contributed by atoms with E-state index in [0.29, 0.717) is 6.04 Å². The maximum absolute atomic E-state index is 12.8. The molecule has 0 saturated heterocycles. The third-order valence-electron chi connectivity index (χ3n) is 3.32. The van der Waals surface area contributed by atoms with E-state index in [9.17, 15) is 14.0 Å². The summed E-state index contributed by atoms with van der Waals surface area (Å²) in [5.74, 6) is -0.618. The molecule has 1 fully saturated rings. The van der Waals surface area contributed by atoms with E-state index in [4.69, 9.17) is 0 Å². The van der Waals surface area contributed by atoms with Crippen molar-refractivity contribution in [3.8, 4) is 0 Å². The zero-order valence-electron chi connectivity index (χ0n) is 11.5. The molecule has 1 unspecified atom stereocenters. The van der Waals surface area contributed by atoms with Crippen LogP contribution in [-0.4, -0.2) is 24.4 Å². The molecule has 2 rings (SSSR count). The van der Waals surface area contributed by atoms with E-state index in [1.807, 2.05) is 6.92 Å². The molecular weight excluding hydrogens is 259 g/mol. The summed E-state index contributed by atoms with van der Waals surface area (Å²) in [6, 6.07) is 6.41. The van der Waals surface area contributed by atoms with Crippen LogP contribution >= 0.6 is 0 Å². The zero-order valence-corrected chi connectivity index (χ0v) is 11.5. The first-order chi connectivity index (χ1) is 9.54. The van der Waals surface area contributed by atoms with Gasteiger partial charge in [-0.05, 0) is 36.5 Å². The number of amides is 2. The van der Waals surface area contributed by atoms with Gasteiger partial charge in [0.25, 0.3) is 0 Å². The van der Waals surface area contributed by atoms with E-state index in [2.05, 4.69) is 10.6 Å². The Kier molecular flexibility index (Phi) is 4.71. The Morgan fingerprint density at radius 3 is 2.50 bits per heavy atom. The largest absolute Gasteiger partial charge is 0.352 e. The zero-order chi connectivity index (χ0) is 14.5. The molecule has 1 aliphatic carbocycles. The summed E-state index contributed by atoms with van der Waals surface area (Å²) < 4.78 is 12.8. The van der Waals surface area contributed by atoms with Gasteiger partial charge < -0.3 is 10.6 Å². The molecule has 1 aliphatic rings. The molecule has 0 radical (unpaired) electrons. The Morgan fingerprint density at radius 2 is 1.90 bits per heavy atom. The molecule has 2 amide bonds. The monoisotopic (exact) mass is 278 g/mol. The summed E-state index contributed by atoms with van der Waals surface area (Å²) in [5.41, 5.74) is 0.906. The van der Waals surface area contributed by atoms with Crippen molar-refractivity contribution in [2.75, 3.05) is 6.54 Å². The van der Waals surface area contributed by atoms with Crippen LogP contribution in [0.25, 0.3) is 0 Å². The highest BCUT2D eigenvalue weighted by atomic mass is 19.1. The first-order valence-electron chi connectivity index (χ1n) is 6.86. The summed E-state index contributed by atoms with van der Waals surface area (Å²) >= 11 is 0. The first-order valence-corrected chi connectivity index (χ1v) is 6.86. The van der Waals surface area contributed by atoms with Crippen molar-refractivity contribution >= 4 is 11.8 Å². The highest BCUT2D eigenvalue weighted by Crippen LogP contribution is 2.19. The molecule has 0 spiro atoms. The number of hydrogen-bond acceptors (Lipinski definition) is 2. The summed E-state index contributed by atoms with van der Waals surface area (Å²) in [4.78, 5) is 23.2. The molecule has 0 aromatic heterocycles. The fourth-order valence-corrected chi connectivity index (χ4v) is 1.94. The topological polar surface area (TPSA) is 58.2 Å². The second-order valence-corrected chi connectivity index (χ2v) is 5.28. The van der Waals surface area contributed by atoms with Gasteiger partial charge in [-0.2, -0.15) is 0 Å². The van der Waals surface area contributed by atoms with Gasteiger partial charge in [0.15, 0.2) is 0 Å². The normalized spacial score (nSPS) is 15.5. The Labute approximate surface area is 117 Å². The smallest absolute Gasteiger partial charge is 0.239 e. The van der Waals surface area contributed by atoms with E-state index < -0.39 is 0 Å². The molecule has 5 heteroatoms. The fraction of sp³-hybridized carbons (Fsp3) is 0.467. The van der Waals surface area contributed by atoms with Crippen LogP contribution < -0.4 is 10.6 Å². The van der Waals surface area contributed by atoms with E-state index >= 15 is 0 Å². The van der Waals surface area contributed by atoms with Gasteiger partial charge >= 0.3 is 0 Å². The minimum Gasteiger partial charge on any atom is -0.352 e. The number of benzene rings is 1. The third-order valence-corrected chi connectivity index (χ3v) is 3.32.